The average Bonchev–Trinajstić information content (AvgIpc) is 4.14. The van der Waals surface area contributed by atoms with E-state index in [4.69, 9.17) is 4.42 Å². The summed E-state index contributed by atoms with van der Waals surface area (Å²) in [7, 11) is 0. The molecule has 0 amide bonds. The molecule has 0 saturated heterocycles. The minimum Gasteiger partial charge on any atom is -0.466 e. The van der Waals surface area contributed by atoms with Crippen LogP contribution in [0.5, 0.6) is 0 Å². The summed E-state index contributed by atoms with van der Waals surface area (Å²) < 4.78 is 13.3. The van der Waals surface area contributed by atoms with Crippen LogP contribution in [-0.4, -0.2) is 11.3 Å². The van der Waals surface area contributed by atoms with Gasteiger partial charge in [0, 0.05) is 53.8 Å². The smallest absolute Gasteiger partial charge is 0.376 e. The first-order chi connectivity index (χ1) is 37.6. The van der Waals surface area contributed by atoms with Gasteiger partial charge >= 0.3 is 6.85 Å². The lowest BCUT2D eigenvalue weighted by atomic mass is 9.46. The number of thiophene rings is 1. The Labute approximate surface area is 455 Å². The van der Waals surface area contributed by atoms with Crippen LogP contribution in [0.1, 0.15) is 115 Å². The van der Waals surface area contributed by atoms with E-state index in [1.54, 1.807) is 11.1 Å². The Hall–Kier alpha value is -6.56. The molecule has 0 unspecified atom stereocenters. The fourth-order valence-corrected chi connectivity index (χ4v) is 21.0. The fourth-order valence-electron chi connectivity index (χ4n) is 19.8. The predicted octanol–water partition coefficient (Wildman–Crippen LogP) is 18.4. The Balaban J connectivity index is 0.975. The normalized spacial score (nSPS) is 27.4. The highest BCUT2D eigenvalue weighted by Crippen LogP contribution is 2.64. The second-order valence-electron chi connectivity index (χ2n) is 27.7. The second kappa shape index (κ2) is 14.8. The largest absolute Gasteiger partial charge is 0.466 e. The third kappa shape index (κ3) is 5.80. The van der Waals surface area contributed by atoms with Gasteiger partial charge < -0.3 is 13.8 Å². The molecule has 5 heteroatoms. The Morgan fingerprint density at radius 1 is 0.519 bits per heavy atom. The number of rotatable bonds is 4. The van der Waals surface area contributed by atoms with Crippen molar-refractivity contribution in [3.05, 3.63) is 162 Å². The van der Waals surface area contributed by atoms with E-state index in [0.29, 0.717) is 5.41 Å². The van der Waals surface area contributed by atoms with E-state index >= 15 is 0 Å². The molecule has 10 aliphatic rings. The zero-order valence-electron chi connectivity index (χ0n) is 44.6. The van der Waals surface area contributed by atoms with Crippen LogP contribution in [0.25, 0.3) is 86.0 Å². The van der Waals surface area contributed by atoms with Gasteiger partial charge in [-0.2, -0.15) is 0 Å². The van der Waals surface area contributed by atoms with Gasteiger partial charge in [-0.25, -0.2) is 0 Å². The van der Waals surface area contributed by atoms with Crippen molar-refractivity contribution in [1.29, 1.82) is 0 Å². The molecular weight excluding hydrogens is 952 g/mol. The molecule has 21 rings (SSSR count). The van der Waals surface area contributed by atoms with Crippen molar-refractivity contribution in [3.8, 4) is 22.3 Å². The number of hydrogen-bond donors (Lipinski definition) is 0. The standard InChI is InChI=1S/C72H63BN2OS/c1-70(2,3)49-17-19-60(53(29-49)46-11-5-4-6-12-46)74-66-59-27-47-13-7-8-14-48(47)28-62(59)76-69(66)73-64-55(33-58-52-15-9-10-16-63(52)77-68(58)67(64)74)57-32-51(72-37-43-24-44(38-72)26-45(25-43)39-72)31-56-54-30-50(18-20-61(54)75(73)65(56)57)71-34-40-21-41(35-71)23-42(22-40)36-71/h4-20,27-33,40-45H,21-26,34-39H2,1-3H3. The number of nitrogens with zero attached hydrogens (tertiary/aromatic N) is 2. The van der Waals surface area contributed by atoms with Gasteiger partial charge in [-0.15, -0.1) is 11.3 Å². The molecule has 0 spiro atoms. The summed E-state index contributed by atoms with van der Waals surface area (Å²) in [5.74, 6) is 5.28. The van der Waals surface area contributed by atoms with Crippen molar-refractivity contribution in [2.75, 3.05) is 4.90 Å². The molecule has 8 bridgehead atoms. The summed E-state index contributed by atoms with van der Waals surface area (Å²) in [5, 5.41) is 9.27. The summed E-state index contributed by atoms with van der Waals surface area (Å²) in [4.78, 5) is 2.72. The van der Waals surface area contributed by atoms with E-state index in [1.807, 2.05) is 11.3 Å². The maximum Gasteiger partial charge on any atom is 0.376 e. The lowest BCUT2D eigenvalue weighted by molar-refractivity contribution is -0.00527. The molecule has 8 aromatic carbocycles. The highest BCUT2D eigenvalue weighted by molar-refractivity contribution is 7.26. The monoisotopic (exact) mass is 1010 g/mol. The van der Waals surface area contributed by atoms with Gasteiger partial charge in [0.2, 0.25) is 0 Å². The zero-order valence-corrected chi connectivity index (χ0v) is 45.4. The van der Waals surface area contributed by atoms with Crippen molar-refractivity contribution in [1.82, 2.24) is 4.48 Å². The number of hydrogen-bond acceptors (Lipinski definition) is 3. The maximum atomic E-state index is 7.78. The number of anilines is 3. The van der Waals surface area contributed by atoms with Gasteiger partial charge in [-0.1, -0.05) is 106 Å². The first kappa shape index (κ1) is 43.4. The van der Waals surface area contributed by atoms with Crippen molar-refractivity contribution in [2.24, 2.45) is 35.5 Å². The molecule has 77 heavy (non-hydrogen) atoms. The van der Waals surface area contributed by atoms with Gasteiger partial charge in [0.25, 0.3) is 0 Å². The van der Waals surface area contributed by atoms with E-state index in [2.05, 4.69) is 176 Å². The number of aromatic nitrogens is 1. The van der Waals surface area contributed by atoms with E-state index in [-0.39, 0.29) is 17.7 Å². The average molecular weight is 1020 g/mol. The van der Waals surface area contributed by atoms with E-state index in [1.165, 1.54) is 186 Å². The summed E-state index contributed by atoms with van der Waals surface area (Å²) in [5.41, 5.74) is 20.2. The molecule has 0 N–H and O–H groups in total. The van der Waals surface area contributed by atoms with Gasteiger partial charge in [-0.05, 0) is 234 Å². The molecule has 376 valence electrons. The van der Waals surface area contributed by atoms with Gasteiger partial charge in [0.05, 0.1) is 21.8 Å². The van der Waals surface area contributed by atoms with Crippen LogP contribution < -0.4 is 16.0 Å². The predicted molar refractivity (Wildman–Crippen MR) is 324 cm³/mol. The first-order valence-electron chi connectivity index (χ1n) is 29.7. The molecule has 11 aromatic rings. The van der Waals surface area contributed by atoms with Gasteiger partial charge in [0.15, 0.2) is 0 Å². The number of fused-ring (bicyclic) bond motifs is 14. The van der Waals surface area contributed by atoms with E-state index in [0.717, 1.165) is 46.8 Å². The Morgan fingerprint density at radius 2 is 1.16 bits per heavy atom. The summed E-state index contributed by atoms with van der Waals surface area (Å²) in [6.07, 6.45) is 16.9. The zero-order chi connectivity index (χ0) is 50.4. The minimum absolute atomic E-state index is 0.0410. The minimum atomic E-state index is -0.186. The molecule has 0 atom stereocenters. The molecule has 0 radical (unpaired) electrons. The summed E-state index contributed by atoms with van der Waals surface area (Å²) in [6, 6.07) is 57.8. The third-order valence-electron chi connectivity index (χ3n) is 22.1. The molecule has 2 aliphatic heterocycles. The van der Waals surface area contributed by atoms with Crippen LogP contribution in [0.15, 0.2) is 150 Å². The van der Waals surface area contributed by atoms with Crippen LogP contribution in [0.3, 0.4) is 0 Å². The number of benzene rings is 8. The second-order valence-corrected chi connectivity index (χ2v) is 28.7. The molecule has 3 nitrogen and oxygen atoms in total. The van der Waals surface area contributed by atoms with E-state index in [9.17, 15) is 0 Å². The summed E-state index contributed by atoms with van der Waals surface area (Å²) >= 11 is 1.98. The Kier molecular flexibility index (Phi) is 8.33. The van der Waals surface area contributed by atoms with Crippen LogP contribution in [0.2, 0.25) is 0 Å². The first-order valence-corrected chi connectivity index (χ1v) is 30.5. The molecule has 3 aromatic heterocycles. The topological polar surface area (TPSA) is 21.3 Å². The number of furan rings is 1. The molecule has 5 heterocycles. The van der Waals surface area contributed by atoms with Crippen LogP contribution in [-0.2, 0) is 16.2 Å². The third-order valence-corrected chi connectivity index (χ3v) is 23.3. The molecule has 8 saturated carbocycles. The fraction of sp³-hybridized carbons (Fsp3) is 0.333. The van der Waals surface area contributed by atoms with Crippen molar-refractivity contribution in [2.45, 2.75) is 114 Å². The molecule has 8 fully saturated rings. The van der Waals surface area contributed by atoms with Gasteiger partial charge in [-0.3, -0.25) is 0 Å². The van der Waals surface area contributed by atoms with Crippen LogP contribution in [0.4, 0.5) is 17.1 Å². The SMILES string of the molecule is CC(C)(C)c1ccc(N2c3c(oc4cc5ccccc5cc34)B3c4c(cc5c(sc6ccccc65)c42)-c2cc(C45CC6CC(CC(C6)C4)C5)cc4c5cc(C67CC8CC(CC(C8)C6)C7)ccc5n3c24)c(-c2ccccc2)c1. The molecule has 8 aliphatic carbocycles. The van der Waals surface area contributed by atoms with Crippen molar-refractivity contribution >= 4 is 110 Å². The lowest BCUT2D eigenvalue weighted by Crippen LogP contribution is -2.56. The van der Waals surface area contributed by atoms with Crippen LogP contribution in [0, 0.1) is 35.5 Å². The van der Waals surface area contributed by atoms with E-state index < -0.39 is 0 Å². The van der Waals surface area contributed by atoms with Crippen LogP contribution >= 0.6 is 11.3 Å². The summed E-state index contributed by atoms with van der Waals surface area (Å²) in [6.45, 7) is 6.88. The van der Waals surface area contributed by atoms with Gasteiger partial charge in [0.1, 0.15) is 11.2 Å². The Morgan fingerprint density at radius 3 is 1.86 bits per heavy atom. The van der Waals surface area contributed by atoms with Crippen molar-refractivity contribution < 1.29 is 4.42 Å². The lowest BCUT2D eigenvalue weighted by Gasteiger charge is -2.57. The quantitative estimate of drug-likeness (QED) is 0.164. The maximum absolute atomic E-state index is 7.78. The highest BCUT2D eigenvalue weighted by Gasteiger charge is 2.55. The molecular formula is C72H63BN2OS. The van der Waals surface area contributed by atoms with Crippen molar-refractivity contribution in [3.63, 3.8) is 0 Å². The highest BCUT2D eigenvalue weighted by atomic mass is 32.1. The Bertz CT molecular complexity index is 4360.